The Morgan fingerprint density at radius 2 is 1.54 bits per heavy atom. The van der Waals surface area contributed by atoms with Crippen molar-refractivity contribution in [2.75, 3.05) is 25.0 Å². The number of nitrogens with one attached hydrogen (secondary N) is 1. The van der Waals surface area contributed by atoms with Gasteiger partial charge in [0.05, 0.1) is 13.1 Å². The average molecular weight is 428 g/mol. The van der Waals surface area contributed by atoms with Gasteiger partial charge in [-0.15, -0.1) is 0 Å². The molecule has 1 aliphatic heterocycles. The topological polar surface area (TPSA) is 29.1 Å². The predicted octanol–water partition coefficient (Wildman–Crippen LogP) is 4.69. The fourth-order valence-corrected chi connectivity index (χ4v) is 3.84. The maximum atomic E-state index is 12.7. The first-order valence-electron chi connectivity index (χ1n) is 8.83. The normalized spacial score (nSPS) is 14.8. The number of benzene rings is 2. The van der Waals surface area contributed by atoms with Crippen molar-refractivity contribution in [3.63, 3.8) is 0 Å². The Hall–Kier alpha value is -1.03. The Balaban J connectivity index is 0.00000169. The molecule has 1 radical (unpaired) electrons. The number of nitrogens with zero attached hydrogens (tertiary/aromatic N) is 1. The zero-order valence-corrected chi connectivity index (χ0v) is 18.1. The van der Waals surface area contributed by atoms with Crippen LogP contribution >= 0.6 is 0 Å². The maximum Gasteiger partial charge on any atom is 0.279 e. The number of aryl methyl sites for hydroxylation is 2. The van der Waals surface area contributed by atoms with Gasteiger partial charge in [-0.3, -0.25) is 4.79 Å². The summed E-state index contributed by atoms with van der Waals surface area (Å²) in [6.45, 7) is 7.79. The van der Waals surface area contributed by atoms with Gasteiger partial charge in [-0.05, 0) is 25.0 Å². The second-order valence-electron chi connectivity index (χ2n) is 7.11. The molecular formula is C22H31N2OY+. The molecule has 1 aliphatic rings. The second kappa shape index (κ2) is 10.3. The van der Waals surface area contributed by atoms with Crippen molar-refractivity contribution >= 4 is 11.6 Å². The quantitative estimate of drug-likeness (QED) is 0.689. The minimum atomic E-state index is 0. The van der Waals surface area contributed by atoms with Gasteiger partial charge in [-0.2, -0.15) is 0 Å². The molecule has 26 heavy (non-hydrogen) atoms. The van der Waals surface area contributed by atoms with Gasteiger partial charge in [0.1, 0.15) is 6.54 Å². The van der Waals surface area contributed by atoms with Crippen molar-refractivity contribution in [2.24, 2.45) is 0 Å². The van der Waals surface area contributed by atoms with E-state index in [-0.39, 0.29) is 46.0 Å². The van der Waals surface area contributed by atoms with Gasteiger partial charge in [0, 0.05) is 56.8 Å². The first kappa shape index (κ1) is 23.0. The Bertz CT molecular complexity index is 689. The molecule has 0 aromatic heterocycles. The van der Waals surface area contributed by atoms with E-state index in [9.17, 15) is 4.79 Å². The van der Waals surface area contributed by atoms with E-state index < -0.39 is 0 Å². The summed E-state index contributed by atoms with van der Waals surface area (Å²) in [5.41, 5.74) is 4.54. The summed E-state index contributed by atoms with van der Waals surface area (Å²) in [7, 11) is 0. The van der Waals surface area contributed by atoms with Crippen LogP contribution in [0.3, 0.4) is 0 Å². The number of carbonyl (C=O) groups excluding carboxylic acids is 1. The minimum absolute atomic E-state index is 0. The average Bonchev–Trinajstić information content (AvgIpc) is 3.00. The number of anilines is 1. The number of hydrogen-bond acceptors (Lipinski definition) is 1. The zero-order chi connectivity index (χ0) is 17.0. The van der Waals surface area contributed by atoms with E-state index in [2.05, 4.69) is 29.6 Å². The minimum Gasteiger partial charge on any atom is -0.321 e. The van der Waals surface area contributed by atoms with E-state index in [0.29, 0.717) is 6.54 Å². The number of para-hydroxylation sites is 1. The Morgan fingerprint density at radius 1 is 0.962 bits per heavy atom. The first-order valence-corrected chi connectivity index (χ1v) is 8.83. The predicted molar refractivity (Wildman–Crippen MR) is 106 cm³/mol. The standard InChI is InChI=1S/C21H26N2O.CH4.Y/c1-17-9-8-10-18(2)21(17)22-20(24)16-23(13-6-7-14-23)15-19-11-4-3-5-12-19;;/h3-5,8-12H,6-7,13-16H2,1-2H3;1H4;/p+1. The Kier molecular flexibility index (Phi) is 9.16. The molecule has 0 bridgehead atoms. The van der Waals surface area contributed by atoms with Crippen LogP contribution in [0.25, 0.3) is 0 Å². The molecular weight excluding hydrogens is 397 g/mol. The van der Waals surface area contributed by atoms with E-state index in [0.717, 1.165) is 40.9 Å². The molecule has 0 unspecified atom stereocenters. The molecule has 0 aliphatic carbocycles. The third-order valence-corrected chi connectivity index (χ3v) is 5.10. The third-order valence-electron chi connectivity index (χ3n) is 5.10. The summed E-state index contributed by atoms with van der Waals surface area (Å²) in [4.78, 5) is 12.7. The summed E-state index contributed by atoms with van der Waals surface area (Å²) in [6, 6.07) is 16.7. The number of quaternary nitrogens is 1. The van der Waals surface area contributed by atoms with Crippen LogP contribution < -0.4 is 5.32 Å². The molecule has 1 saturated heterocycles. The maximum absolute atomic E-state index is 12.7. The van der Waals surface area contributed by atoms with Crippen LogP contribution in [-0.2, 0) is 44.0 Å². The van der Waals surface area contributed by atoms with Crippen molar-refractivity contribution in [1.82, 2.24) is 0 Å². The monoisotopic (exact) mass is 428 g/mol. The fraction of sp³-hybridized carbons (Fsp3) is 0.409. The fourth-order valence-electron chi connectivity index (χ4n) is 3.84. The van der Waals surface area contributed by atoms with E-state index in [4.69, 9.17) is 0 Å². The molecule has 3 rings (SSSR count). The number of hydrogen-bond donors (Lipinski definition) is 1. The molecule has 1 fully saturated rings. The molecule has 0 atom stereocenters. The van der Waals surface area contributed by atoms with Crippen LogP contribution in [0.15, 0.2) is 48.5 Å². The van der Waals surface area contributed by atoms with Gasteiger partial charge in [0.15, 0.2) is 6.54 Å². The molecule has 4 heteroatoms. The Morgan fingerprint density at radius 3 is 2.12 bits per heavy atom. The molecule has 1 N–H and O–H groups in total. The molecule has 2 aromatic carbocycles. The second-order valence-corrected chi connectivity index (χ2v) is 7.11. The van der Waals surface area contributed by atoms with Crippen LogP contribution in [-0.4, -0.2) is 30.0 Å². The van der Waals surface area contributed by atoms with Crippen LogP contribution in [0.4, 0.5) is 5.69 Å². The summed E-state index contributed by atoms with van der Waals surface area (Å²) in [5.74, 6) is 0.130. The number of carbonyl (C=O) groups is 1. The number of amides is 1. The molecule has 0 saturated carbocycles. The van der Waals surface area contributed by atoms with Gasteiger partial charge >= 0.3 is 0 Å². The SMILES string of the molecule is C.Cc1cccc(C)c1NC(=O)C[N+]1(Cc2ccccc2)CCCC1.[Y]. The van der Waals surface area contributed by atoms with Crippen LogP contribution in [0.5, 0.6) is 0 Å². The van der Waals surface area contributed by atoms with Crippen molar-refractivity contribution in [3.05, 3.63) is 65.2 Å². The van der Waals surface area contributed by atoms with Crippen molar-refractivity contribution in [3.8, 4) is 0 Å². The Labute approximate surface area is 183 Å². The smallest absolute Gasteiger partial charge is 0.279 e. The van der Waals surface area contributed by atoms with Crippen molar-refractivity contribution in [1.29, 1.82) is 0 Å². The summed E-state index contributed by atoms with van der Waals surface area (Å²) in [5, 5.41) is 3.16. The molecule has 0 spiro atoms. The van der Waals surface area contributed by atoms with E-state index >= 15 is 0 Å². The molecule has 3 nitrogen and oxygen atoms in total. The van der Waals surface area contributed by atoms with Gasteiger partial charge in [0.2, 0.25) is 0 Å². The van der Waals surface area contributed by atoms with Crippen molar-refractivity contribution < 1.29 is 42.0 Å². The summed E-state index contributed by atoms with van der Waals surface area (Å²) >= 11 is 0. The summed E-state index contributed by atoms with van der Waals surface area (Å²) in [6.07, 6.45) is 2.42. The number of rotatable bonds is 5. The molecule has 1 amide bonds. The first-order chi connectivity index (χ1) is 11.6. The molecule has 137 valence electrons. The van der Waals surface area contributed by atoms with Crippen LogP contribution in [0.2, 0.25) is 0 Å². The van der Waals surface area contributed by atoms with E-state index in [1.54, 1.807) is 0 Å². The van der Waals surface area contributed by atoms with Crippen LogP contribution in [0.1, 0.15) is 37.0 Å². The van der Waals surface area contributed by atoms with Gasteiger partial charge < -0.3 is 9.80 Å². The molecule has 1 heterocycles. The summed E-state index contributed by atoms with van der Waals surface area (Å²) < 4.78 is 0.876. The van der Waals surface area contributed by atoms with E-state index in [1.165, 1.54) is 18.4 Å². The van der Waals surface area contributed by atoms with Crippen molar-refractivity contribution in [2.45, 2.75) is 40.7 Å². The van der Waals surface area contributed by atoms with Gasteiger partial charge in [-0.1, -0.05) is 56.0 Å². The van der Waals surface area contributed by atoms with Gasteiger partial charge in [0.25, 0.3) is 5.91 Å². The zero-order valence-electron chi connectivity index (χ0n) is 15.3. The third kappa shape index (κ3) is 5.74. The number of likely N-dealkylation sites (tertiary alicyclic amines) is 1. The van der Waals surface area contributed by atoms with Gasteiger partial charge in [-0.25, -0.2) is 0 Å². The van der Waals surface area contributed by atoms with E-state index in [1.807, 2.05) is 38.1 Å². The largest absolute Gasteiger partial charge is 0.321 e. The molecule has 2 aromatic rings. The van der Waals surface area contributed by atoms with Crippen LogP contribution in [0, 0.1) is 13.8 Å².